The third-order valence-electron chi connectivity index (χ3n) is 7.06. The lowest BCUT2D eigenvalue weighted by Crippen LogP contribution is -2.34. The molecule has 1 saturated heterocycles. The molecule has 2 aliphatic heterocycles. The number of hydrogen-bond donors (Lipinski definition) is 1. The van der Waals surface area contributed by atoms with Crippen molar-refractivity contribution in [2.45, 2.75) is 57.9 Å². The molecule has 1 aromatic heterocycles. The Hall–Kier alpha value is -2.44. The average Bonchev–Trinajstić information content (AvgIpc) is 3.24. The number of rotatable bonds is 5. The van der Waals surface area contributed by atoms with Crippen LogP contribution in [0.5, 0.6) is 0 Å². The van der Waals surface area contributed by atoms with Crippen LogP contribution < -0.4 is 5.73 Å². The van der Waals surface area contributed by atoms with Gasteiger partial charge in [-0.15, -0.1) is 0 Å². The maximum atomic E-state index is 5.76. The number of piperidine rings is 1. The van der Waals surface area contributed by atoms with E-state index in [2.05, 4.69) is 53.9 Å². The van der Waals surface area contributed by atoms with Gasteiger partial charge in [0.05, 0.1) is 5.69 Å². The fraction of sp³-hybridized carbons (Fsp3) is 0.538. The van der Waals surface area contributed by atoms with Crippen LogP contribution >= 0.6 is 0 Å². The second-order valence-corrected chi connectivity index (χ2v) is 9.21. The summed E-state index contributed by atoms with van der Waals surface area (Å²) in [5, 5.41) is 5.57. The highest BCUT2D eigenvalue weighted by Gasteiger charge is 2.25. The number of benzene rings is 1. The average molecular weight is 436 g/mol. The number of fused-ring (bicyclic) bond motifs is 1. The minimum atomic E-state index is 0.455. The van der Waals surface area contributed by atoms with Crippen molar-refractivity contribution in [3.8, 4) is 0 Å². The van der Waals surface area contributed by atoms with E-state index in [0.717, 1.165) is 85.5 Å². The largest absolute Gasteiger partial charge is 0.375 e. The summed E-state index contributed by atoms with van der Waals surface area (Å²) in [7, 11) is 2.16. The van der Waals surface area contributed by atoms with Crippen molar-refractivity contribution >= 4 is 17.2 Å². The van der Waals surface area contributed by atoms with E-state index in [9.17, 15) is 0 Å². The fourth-order valence-corrected chi connectivity index (χ4v) is 4.89. The molecular formula is C26H37N5O. The van der Waals surface area contributed by atoms with Gasteiger partial charge in [-0.1, -0.05) is 17.8 Å². The number of likely N-dealkylation sites (N-methyl/N-ethyl adjacent to an activating group) is 1. The number of aromatic nitrogens is 1. The van der Waals surface area contributed by atoms with Crippen LogP contribution in [-0.4, -0.2) is 54.4 Å². The standard InChI is InChI=1S/C26H37N5O/c1-19-23(20(2)30(3)13-6-4-5-12-28-19)11-16-31-14-9-22(10-15-31)26-24-8-7-21(18-27)17-25(24)32-29-26/h7-8,12,17,22H,2,4-6,9-11,13-16,18,27H2,1,3H3/b23-19-,28-12?. The summed E-state index contributed by atoms with van der Waals surface area (Å²) in [6, 6.07) is 6.22. The molecular weight excluding hydrogens is 398 g/mol. The van der Waals surface area contributed by atoms with Crippen molar-refractivity contribution in [1.82, 2.24) is 15.0 Å². The van der Waals surface area contributed by atoms with Gasteiger partial charge in [-0.3, -0.25) is 4.99 Å². The molecule has 0 aliphatic carbocycles. The third kappa shape index (κ3) is 5.13. The van der Waals surface area contributed by atoms with E-state index in [1.54, 1.807) is 0 Å². The molecule has 4 rings (SSSR count). The van der Waals surface area contributed by atoms with Crippen LogP contribution in [-0.2, 0) is 6.54 Å². The molecule has 1 fully saturated rings. The highest BCUT2D eigenvalue weighted by molar-refractivity contribution is 5.80. The monoisotopic (exact) mass is 435 g/mol. The van der Waals surface area contributed by atoms with E-state index in [0.29, 0.717) is 12.5 Å². The fourth-order valence-electron chi connectivity index (χ4n) is 4.89. The van der Waals surface area contributed by atoms with Crippen LogP contribution in [0.15, 0.2) is 51.3 Å². The van der Waals surface area contributed by atoms with Crippen LogP contribution in [0, 0.1) is 0 Å². The SMILES string of the molecule is C=C1/C(CCN2CCC(c3noc4cc(CN)ccc34)CC2)=C(/C)N=CCCCCN1C. The first-order valence-corrected chi connectivity index (χ1v) is 12.0. The van der Waals surface area contributed by atoms with Gasteiger partial charge in [-0.05, 0) is 81.8 Å². The highest BCUT2D eigenvalue weighted by atomic mass is 16.5. The molecule has 6 heteroatoms. The van der Waals surface area contributed by atoms with Crippen molar-refractivity contribution < 1.29 is 4.52 Å². The summed E-state index contributed by atoms with van der Waals surface area (Å²) in [6.07, 6.45) is 8.72. The van der Waals surface area contributed by atoms with Gasteiger partial charge in [0.25, 0.3) is 0 Å². The normalized spacial score (nSPS) is 22.1. The van der Waals surface area contributed by atoms with Gasteiger partial charge in [0, 0.05) is 55.6 Å². The summed E-state index contributed by atoms with van der Waals surface area (Å²) in [5.74, 6) is 0.455. The predicted octanol–water partition coefficient (Wildman–Crippen LogP) is 4.83. The Bertz CT molecular complexity index is 997. The maximum Gasteiger partial charge on any atom is 0.167 e. The van der Waals surface area contributed by atoms with Crippen molar-refractivity contribution in [1.29, 1.82) is 0 Å². The Balaban J connectivity index is 1.37. The Morgan fingerprint density at radius 1 is 1.19 bits per heavy atom. The molecule has 0 saturated carbocycles. The van der Waals surface area contributed by atoms with Gasteiger partial charge in [-0.25, -0.2) is 0 Å². The zero-order chi connectivity index (χ0) is 22.5. The molecule has 0 amide bonds. The second-order valence-electron chi connectivity index (χ2n) is 9.21. The van der Waals surface area contributed by atoms with Crippen molar-refractivity contribution in [2.24, 2.45) is 10.7 Å². The molecule has 0 spiro atoms. The zero-order valence-electron chi connectivity index (χ0n) is 19.6. The van der Waals surface area contributed by atoms with E-state index in [-0.39, 0.29) is 0 Å². The smallest absolute Gasteiger partial charge is 0.167 e. The topological polar surface area (TPSA) is 70.9 Å². The van der Waals surface area contributed by atoms with Crippen LogP contribution in [0.3, 0.4) is 0 Å². The summed E-state index contributed by atoms with van der Waals surface area (Å²) in [4.78, 5) is 9.60. The number of allylic oxidation sites excluding steroid dienone is 2. The van der Waals surface area contributed by atoms with E-state index >= 15 is 0 Å². The lowest BCUT2D eigenvalue weighted by Gasteiger charge is -2.32. The van der Waals surface area contributed by atoms with Crippen LogP contribution in [0.25, 0.3) is 11.0 Å². The predicted molar refractivity (Wildman–Crippen MR) is 132 cm³/mol. The Morgan fingerprint density at radius 2 is 2.00 bits per heavy atom. The van der Waals surface area contributed by atoms with Gasteiger partial charge < -0.3 is 20.1 Å². The second kappa shape index (κ2) is 10.5. The zero-order valence-corrected chi connectivity index (χ0v) is 19.6. The van der Waals surface area contributed by atoms with Gasteiger partial charge in [0.15, 0.2) is 5.58 Å². The van der Waals surface area contributed by atoms with E-state index < -0.39 is 0 Å². The maximum absolute atomic E-state index is 5.76. The van der Waals surface area contributed by atoms with E-state index in [1.807, 2.05) is 6.07 Å². The lowest BCUT2D eigenvalue weighted by molar-refractivity contribution is 0.211. The lowest BCUT2D eigenvalue weighted by atomic mass is 9.91. The molecule has 2 N–H and O–H groups in total. The number of hydrogen-bond acceptors (Lipinski definition) is 6. The summed E-state index contributed by atoms with van der Waals surface area (Å²) >= 11 is 0. The molecule has 0 atom stereocenters. The molecule has 32 heavy (non-hydrogen) atoms. The molecule has 0 radical (unpaired) electrons. The molecule has 6 nitrogen and oxygen atoms in total. The molecule has 3 heterocycles. The first kappa shape index (κ1) is 22.7. The van der Waals surface area contributed by atoms with E-state index in [1.165, 1.54) is 18.4 Å². The molecule has 2 aromatic rings. The highest BCUT2D eigenvalue weighted by Crippen LogP contribution is 2.33. The van der Waals surface area contributed by atoms with Crippen molar-refractivity contribution in [2.75, 3.05) is 33.2 Å². The Morgan fingerprint density at radius 3 is 2.78 bits per heavy atom. The van der Waals surface area contributed by atoms with Crippen molar-refractivity contribution in [3.05, 3.63) is 53.0 Å². The van der Waals surface area contributed by atoms with Gasteiger partial charge in [0.1, 0.15) is 0 Å². The molecule has 0 bridgehead atoms. The quantitative estimate of drug-likeness (QED) is 0.728. The number of likely N-dealkylation sites (tertiary alicyclic amines) is 1. The van der Waals surface area contributed by atoms with Gasteiger partial charge >= 0.3 is 0 Å². The summed E-state index contributed by atoms with van der Waals surface area (Å²) in [6.45, 7) is 11.3. The van der Waals surface area contributed by atoms with E-state index in [4.69, 9.17) is 15.2 Å². The molecule has 1 aromatic carbocycles. The first-order valence-electron chi connectivity index (χ1n) is 12.0. The van der Waals surface area contributed by atoms with Crippen LogP contribution in [0.4, 0.5) is 0 Å². The van der Waals surface area contributed by atoms with Gasteiger partial charge in [0.2, 0.25) is 0 Å². The molecule has 0 unspecified atom stereocenters. The van der Waals surface area contributed by atoms with Gasteiger partial charge in [-0.2, -0.15) is 0 Å². The summed E-state index contributed by atoms with van der Waals surface area (Å²) in [5.41, 5.74) is 12.3. The minimum Gasteiger partial charge on any atom is -0.375 e. The third-order valence-corrected chi connectivity index (χ3v) is 7.06. The summed E-state index contributed by atoms with van der Waals surface area (Å²) < 4.78 is 5.62. The Labute approximate surface area is 191 Å². The molecule has 172 valence electrons. The van der Waals surface area contributed by atoms with Crippen LogP contribution in [0.1, 0.15) is 62.6 Å². The van der Waals surface area contributed by atoms with Crippen molar-refractivity contribution in [3.63, 3.8) is 0 Å². The minimum absolute atomic E-state index is 0.455. The van der Waals surface area contributed by atoms with Crippen LogP contribution in [0.2, 0.25) is 0 Å². The number of aliphatic imine (C=N–C) groups is 1. The molecule has 2 aliphatic rings. The number of nitrogens with two attached hydrogens (primary N) is 1. The number of nitrogens with zero attached hydrogens (tertiary/aromatic N) is 4. The first-order chi connectivity index (χ1) is 15.6. The Kier molecular flexibility index (Phi) is 7.43.